The molecule has 0 aromatic rings. The molecule has 0 radical (unpaired) electrons. The second-order valence-electron chi connectivity index (χ2n) is 14.5. The first-order valence-corrected chi connectivity index (χ1v) is 14.0. The van der Waals surface area contributed by atoms with Gasteiger partial charge in [-0.15, -0.1) is 0 Å². The van der Waals surface area contributed by atoms with Crippen LogP contribution in [0.2, 0.25) is 0 Å². The number of fused-ring (bicyclic) bond motifs is 2. The van der Waals surface area contributed by atoms with E-state index in [1.165, 1.54) is 5.57 Å². The minimum absolute atomic E-state index is 0.0676. The van der Waals surface area contributed by atoms with Crippen molar-refractivity contribution in [2.24, 2.45) is 34.5 Å². The fourth-order valence-corrected chi connectivity index (χ4v) is 9.08. The van der Waals surface area contributed by atoms with Gasteiger partial charge in [0.2, 0.25) is 0 Å². The Kier molecular flexibility index (Phi) is 6.71. The summed E-state index contributed by atoms with van der Waals surface area (Å²) in [7, 11) is 0. The lowest BCUT2D eigenvalue weighted by molar-refractivity contribution is -0.206. The van der Waals surface area contributed by atoms with E-state index in [0.717, 1.165) is 57.8 Å². The molecular formula is C30H52O4. The number of rotatable bonds is 3. The van der Waals surface area contributed by atoms with E-state index in [0.29, 0.717) is 17.8 Å². The standard InChI is InChI=1S/C30H52O4/c1-19-9-10-22-21(13-17-29(22,7)32)26(2,3)20(19)11-12-23-28(6)16-14-24(31)27(4,5)34-25(28)15-18-30(23,8)33/h9,20-25,31-33H,10-18H2,1-8H3/t20-,21+,22+,23+,24+,25?,28+,29+,30+/m0/s1. The van der Waals surface area contributed by atoms with Crippen molar-refractivity contribution < 1.29 is 20.1 Å². The third-order valence-corrected chi connectivity index (χ3v) is 11.5. The molecule has 34 heavy (non-hydrogen) atoms. The third kappa shape index (κ3) is 4.33. The Morgan fingerprint density at radius 1 is 0.853 bits per heavy atom. The summed E-state index contributed by atoms with van der Waals surface area (Å²) >= 11 is 0. The van der Waals surface area contributed by atoms with Crippen LogP contribution in [0.5, 0.6) is 0 Å². The predicted octanol–water partition coefficient (Wildman–Crippen LogP) is 6.02. The Morgan fingerprint density at radius 2 is 1.50 bits per heavy atom. The number of allylic oxidation sites excluding steroid dienone is 2. The van der Waals surface area contributed by atoms with Crippen LogP contribution in [0.1, 0.15) is 113 Å². The van der Waals surface area contributed by atoms with E-state index < -0.39 is 22.9 Å². The molecular weight excluding hydrogens is 424 g/mol. The van der Waals surface area contributed by atoms with Crippen LogP contribution in [0.25, 0.3) is 0 Å². The number of aliphatic hydroxyl groups is 3. The van der Waals surface area contributed by atoms with Crippen molar-refractivity contribution in [3.8, 4) is 0 Å². The summed E-state index contributed by atoms with van der Waals surface area (Å²) in [5.74, 6) is 1.44. The summed E-state index contributed by atoms with van der Waals surface area (Å²) in [6.45, 7) is 17.6. The molecule has 0 bridgehead atoms. The summed E-state index contributed by atoms with van der Waals surface area (Å²) < 4.78 is 6.59. The number of ether oxygens (including phenoxy) is 1. The topological polar surface area (TPSA) is 69.9 Å². The highest BCUT2D eigenvalue weighted by molar-refractivity contribution is 5.17. The molecule has 0 aromatic heterocycles. The summed E-state index contributed by atoms with van der Waals surface area (Å²) in [5, 5.41) is 33.5. The summed E-state index contributed by atoms with van der Waals surface area (Å²) in [5.41, 5.74) is -0.412. The number of hydrogen-bond acceptors (Lipinski definition) is 4. The first-order chi connectivity index (χ1) is 15.5. The molecule has 4 rings (SSSR count). The fourth-order valence-electron chi connectivity index (χ4n) is 9.08. The molecule has 1 unspecified atom stereocenters. The molecule has 3 aliphatic carbocycles. The average Bonchev–Trinajstić information content (AvgIpc) is 2.93. The molecule has 196 valence electrons. The fraction of sp³-hybridized carbons (Fsp3) is 0.933. The van der Waals surface area contributed by atoms with Gasteiger partial charge in [0.05, 0.1) is 29.0 Å². The second kappa shape index (κ2) is 8.57. The van der Waals surface area contributed by atoms with E-state index in [4.69, 9.17) is 4.74 Å². The lowest BCUT2D eigenvalue weighted by atomic mass is 9.55. The van der Waals surface area contributed by atoms with Crippen LogP contribution in [-0.4, -0.2) is 44.3 Å². The maximum absolute atomic E-state index is 11.7. The highest BCUT2D eigenvalue weighted by Crippen LogP contribution is 2.59. The van der Waals surface area contributed by atoms with Gasteiger partial charge in [-0.25, -0.2) is 0 Å². The van der Waals surface area contributed by atoms with Gasteiger partial charge in [-0.05, 0) is 127 Å². The van der Waals surface area contributed by atoms with Gasteiger partial charge in [-0.1, -0.05) is 32.4 Å². The van der Waals surface area contributed by atoms with Crippen LogP contribution in [0.3, 0.4) is 0 Å². The first kappa shape index (κ1) is 26.6. The van der Waals surface area contributed by atoms with Gasteiger partial charge in [-0.2, -0.15) is 0 Å². The highest BCUT2D eigenvalue weighted by atomic mass is 16.5. The van der Waals surface area contributed by atoms with Crippen LogP contribution in [0.4, 0.5) is 0 Å². The van der Waals surface area contributed by atoms with Gasteiger partial charge in [-0.3, -0.25) is 0 Å². The molecule has 3 N–H and O–H groups in total. The zero-order valence-electron chi connectivity index (χ0n) is 23.2. The van der Waals surface area contributed by atoms with E-state index in [9.17, 15) is 15.3 Å². The van der Waals surface area contributed by atoms with Crippen molar-refractivity contribution in [3.63, 3.8) is 0 Å². The van der Waals surface area contributed by atoms with Crippen LogP contribution in [-0.2, 0) is 4.74 Å². The van der Waals surface area contributed by atoms with Crippen LogP contribution >= 0.6 is 0 Å². The Bertz CT molecular complexity index is 794. The Morgan fingerprint density at radius 3 is 2.18 bits per heavy atom. The summed E-state index contributed by atoms with van der Waals surface area (Å²) in [6, 6.07) is 0. The maximum Gasteiger partial charge on any atom is 0.0888 e. The minimum atomic E-state index is -0.722. The smallest absolute Gasteiger partial charge is 0.0888 e. The van der Waals surface area contributed by atoms with Crippen LogP contribution in [0, 0.1) is 34.5 Å². The number of hydrogen-bond donors (Lipinski definition) is 3. The Labute approximate surface area is 208 Å². The van der Waals surface area contributed by atoms with Crippen molar-refractivity contribution >= 4 is 0 Å². The van der Waals surface area contributed by atoms with E-state index in [-0.39, 0.29) is 22.9 Å². The van der Waals surface area contributed by atoms with Crippen molar-refractivity contribution in [3.05, 3.63) is 11.6 Å². The Balaban J connectivity index is 1.59. The summed E-state index contributed by atoms with van der Waals surface area (Å²) in [6.07, 6.45) is 10.2. The van der Waals surface area contributed by atoms with Crippen molar-refractivity contribution in [1.82, 2.24) is 0 Å². The molecule has 9 atom stereocenters. The van der Waals surface area contributed by atoms with Crippen LogP contribution < -0.4 is 0 Å². The van der Waals surface area contributed by atoms with Gasteiger partial charge in [0.15, 0.2) is 0 Å². The normalized spacial score (nSPS) is 50.5. The highest BCUT2D eigenvalue weighted by Gasteiger charge is 2.57. The molecule has 2 saturated carbocycles. The lowest BCUT2D eigenvalue weighted by Gasteiger charge is -2.54. The lowest BCUT2D eigenvalue weighted by Crippen LogP contribution is -2.56. The number of aliphatic hydroxyl groups excluding tert-OH is 1. The van der Waals surface area contributed by atoms with E-state index in [2.05, 4.69) is 33.8 Å². The molecule has 4 aliphatic rings. The van der Waals surface area contributed by atoms with Gasteiger partial charge in [0.25, 0.3) is 0 Å². The molecule has 0 spiro atoms. The molecule has 4 heteroatoms. The molecule has 4 nitrogen and oxygen atoms in total. The molecule has 1 heterocycles. The third-order valence-electron chi connectivity index (χ3n) is 11.5. The maximum atomic E-state index is 11.7. The van der Waals surface area contributed by atoms with Crippen molar-refractivity contribution in [1.29, 1.82) is 0 Å². The largest absolute Gasteiger partial charge is 0.390 e. The quantitative estimate of drug-likeness (QED) is 0.436. The zero-order valence-corrected chi connectivity index (χ0v) is 23.2. The molecule has 1 saturated heterocycles. The predicted molar refractivity (Wildman–Crippen MR) is 137 cm³/mol. The van der Waals surface area contributed by atoms with E-state index in [1.807, 2.05) is 27.7 Å². The van der Waals surface area contributed by atoms with Gasteiger partial charge < -0.3 is 20.1 Å². The van der Waals surface area contributed by atoms with Gasteiger partial charge in [0, 0.05) is 0 Å². The molecule has 3 fully saturated rings. The molecule has 0 aromatic carbocycles. The molecule has 0 amide bonds. The van der Waals surface area contributed by atoms with Crippen molar-refractivity contribution in [2.45, 2.75) is 142 Å². The molecule has 1 aliphatic heterocycles. The Hall–Kier alpha value is -0.420. The monoisotopic (exact) mass is 476 g/mol. The van der Waals surface area contributed by atoms with Gasteiger partial charge >= 0.3 is 0 Å². The van der Waals surface area contributed by atoms with Gasteiger partial charge in [0.1, 0.15) is 0 Å². The van der Waals surface area contributed by atoms with E-state index >= 15 is 0 Å². The zero-order chi connectivity index (χ0) is 25.3. The van der Waals surface area contributed by atoms with Crippen molar-refractivity contribution in [2.75, 3.05) is 0 Å². The van der Waals surface area contributed by atoms with Crippen LogP contribution in [0.15, 0.2) is 11.6 Å². The second-order valence-corrected chi connectivity index (χ2v) is 14.5. The summed E-state index contributed by atoms with van der Waals surface area (Å²) in [4.78, 5) is 0. The average molecular weight is 477 g/mol. The SMILES string of the molecule is CC1=CC[C@@H]2[C@@H](CC[C@@]2(C)O)C(C)(C)[C@H]1CC[C@@H]1[C@@]2(C)CC[C@@H](O)C(C)(C)OC2CC[C@@]1(C)O. The first-order valence-electron chi connectivity index (χ1n) is 14.0. The minimum Gasteiger partial charge on any atom is -0.390 e. The van der Waals surface area contributed by atoms with E-state index in [1.54, 1.807) is 0 Å².